The van der Waals surface area contributed by atoms with Gasteiger partial charge in [0.15, 0.2) is 6.61 Å². The maximum Gasteiger partial charge on any atom is 0.277 e. The molecule has 0 spiro atoms. The zero-order chi connectivity index (χ0) is 21.3. The van der Waals surface area contributed by atoms with E-state index in [4.69, 9.17) is 4.74 Å². The van der Waals surface area contributed by atoms with E-state index in [1.807, 2.05) is 62.4 Å². The molecule has 3 aromatic rings. The summed E-state index contributed by atoms with van der Waals surface area (Å²) < 4.78 is 5.54. The second-order valence-electron chi connectivity index (χ2n) is 6.56. The fraction of sp³-hybridized carbons (Fsp3) is 0.130. The number of aromatic hydroxyl groups is 1. The molecule has 7 heteroatoms. The molecule has 0 heterocycles. The van der Waals surface area contributed by atoms with E-state index in [0.29, 0.717) is 17.0 Å². The van der Waals surface area contributed by atoms with Gasteiger partial charge >= 0.3 is 0 Å². The van der Waals surface area contributed by atoms with E-state index >= 15 is 0 Å². The Labute approximate surface area is 174 Å². The van der Waals surface area contributed by atoms with Gasteiger partial charge in [-0.05, 0) is 61.4 Å². The van der Waals surface area contributed by atoms with Gasteiger partial charge in [0.1, 0.15) is 11.5 Å². The molecule has 0 aromatic heterocycles. The van der Waals surface area contributed by atoms with E-state index in [-0.39, 0.29) is 12.4 Å². The summed E-state index contributed by atoms with van der Waals surface area (Å²) in [6, 6.07) is 19.7. The molecule has 152 valence electrons. The molecule has 0 atom stereocenters. The number of carbonyl (C=O) groups is 1. The van der Waals surface area contributed by atoms with Crippen LogP contribution in [-0.4, -0.2) is 23.8 Å². The van der Waals surface area contributed by atoms with Crippen molar-refractivity contribution in [3.63, 3.8) is 0 Å². The van der Waals surface area contributed by atoms with Crippen LogP contribution in [-0.2, 0) is 4.79 Å². The zero-order valence-electron chi connectivity index (χ0n) is 16.7. The summed E-state index contributed by atoms with van der Waals surface area (Å²) >= 11 is 0. The molecule has 0 radical (unpaired) electrons. The van der Waals surface area contributed by atoms with Gasteiger partial charge in [-0.1, -0.05) is 30.3 Å². The highest BCUT2D eigenvalue weighted by molar-refractivity contribution is 5.86. The number of phenols is 1. The molecule has 7 nitrogen and oxygen atoms in total. The minimum absolute atomic E-state index is 0.0123. The fourth-order valence-corrected chi connectivity index (χ4v) is 2.55. The number of hydrogen-bond acceptors (Lipinski definition) is 6. The number of carbonyl (C=O) groups excluding carboxylic acids is 1. The maximum absolute atomic E-state index is 12.0. The molecule has 0 aliphatic rings. The summed E-state index contributed by atoms with van der Waals surface area (Å²) in [5.41, 5.74) is 6.12. The number of aryl methyl sites for hydroxylation is 1. The van der Waals surface area contributed by atoms with E-state index in [0.717, 1.165) is 16.8 Å². The Morgan fingerprint density at radius 3 is 2.57 bits per heavy atom. The van der Waals surface area contributed by atoms with E-state index in [9.17, 15) is 9.90 Å². The number of hydrogen-bond donors (Lipinski definition) is 2. The Morgan fingerprint density at radius 1 is 1.00 bits per heavy atom. The zero-order valence-corrected chi connectivity index (χ0v) is 16.7. The average Bonchev–Trinajstić information content (AvgIpc) is 2.76. The first-order valence-corrected chi connectivity index (χ1v) is 9.33. The van der Waals surface area contributed by atoms with Crippen LogP contribution in [0.1, 0.15) is 16.7 Å². The molecule has 0 aliphatic carbocycles. The number of hydrazone groups is 1. The molecule has 2 N–H and O–H groups in total. The Morgan fingerprint density at radius 2 is 1.77 bits per heavy atom. The van der Waals surface area contributed by atoms with Crippen LogP contribution in [0.2, 0.25) is 0 Å². The normalized spacial score (nSPS) is 11.1. The molecule has 1 amide bonds. The summed E-state index contributed by atoms with van der Waals surface area (Å²) in [5.74, 6) is 0.258. The Bertz CT molecular complexity index is 1080. The van der Waals surface area contributed by atoms with Crippen LogP contribution in [0, 0.1) is 13.8 Å². The molecule has 0 saturated heterocycles. The quantitative estimate of drug-likeness (QED) is 0.332. The number of amides is 1. The van der Waals surface area contributed by atoms with Crippen molar-refractivity contribution in [1.29, 1.82) is 0 Å². The van der Waals surface area contributed by atoms with Gasteiger partial charge in [-0.25, -0.2) is 5.43 Å². The van der Waals surface area contributed by atoms with Gasteiger partial charge < -0.3 is 9.84 Å². The second kappa shape index (κ2) is 9.97. The van der Waals surface area contributed by atoms with Crippen molar-refractivity contribution in [3.05, 3.63) is 83.4 Å². The number of phenolic OH excluding ortho intramolecular Hbond substituents is 1. The lowest BCUT2D eigenvalue weighted by atomic mass is 10.1. The lowest BCUT2D eigenvalue weighted by Gasteiger charge is -2.09. The second-order valence-corrected chi connectivity index (χ2v) is 6.56. The number of nitrogens with zero attached hydrogens (tertiary/aromatic N) is 3. The van der Waals surface area contributed by atoms with E-state index < -0.39 is 5.91 Å². The summed E-state index contributed by atoms with van der Waals surface area (Å²) in [6.45, 7) is 3.75. The highest BCUT2D eigenvalue weighted by Gasteiger charge is 2.06. The number of rotatable bonds is 7. The first kappa shape index (κ1) is 20.7. The van der Waals surface area contributed by atoms with Gasteiger partial charge in [-0.3, -0.25) is 4.79 Å². The smallest absolute Gasteiger partial charge is 0.277 e. The van der Waals surface area contributed by atoms with Crippen LogP contribution >= 0.6 is 0 Å². The SMILES string of the molecule is Cc1cccc(OCC(=O)N/N=C\c2cc(N=Nc3ccccc3)ccc2O)c1C. The largest absolute Gasteiger partial charge is 0.507 e. The summed E-state index contributed by atoms with van der Waals surface area (Å²) in [4.78, 5) is 12.0. The van der Waals surface area contributed by atoms with Gasteiger partial charge in [0, 0.05) is 5.56 Å². The predicted octanol–water partition coefficient (Wildman–Crippen LogP) is 4.95. The first-order valence-electron chi connectivity index (χ1n) is 9.33. The van der Waals surface area contributed by atoms with Crippen molar-refractivity contribution < 1.29 is 14.6 Å². The number of azo groups is 1. The van der Waals surface area contributed by atoms with Crippen molar-refractivity contribution in [1.82, 2.24) is 5.43 Å². The van der Waals surface area contributed by atoms with Crippen LogP contribution in [0.4, 0.5) is 11.4 Å². The van der Waals surface area contributed by atoms with Crippen LogP contribution in [0.5, 0.6) is 11.5 Å². The molecule has 3 rings (SSSR count). The number of nitrogens with one attached hydrogen (secondary N) is 1. The molecule has 0 saturated carbocycles. The van der Waals surface area contributed by atoms with Gasteiger partial charge in [0.25, 0.3) is 5.91 Å². The number of ether oxygens (including phenoxy) is 1. The lowest BCUT2D eigenvalue weighted by Crippen LogP contribution is -2.24. The Kier molecular flexibility index (Phi) is 6.89. The van der Waals surface area contributed by atoms with E-state index in [1.54, 1.807) is 12.1 Å². The average molecular weight is 402 g/mol. The molecule has 0 unspecified atom stereocenters. The number of benzene rings is 3. The monoisotopic (exact) mass is 402 g/mol. The molecule has 0 fully saturated rings. The molecule has 30 heavy (non-hydrogen) atoms. The summed E-state index contributed by atoms with van der Waals surface area (Å²) in [7, 11) is 0. The van der Waals surface area contributed by atoms with Crippen molar-refractivity contribution in [2.75, 3.05) is 6.61 Å². The third-order valence-corrected chi connectivity index (χ3v) is 4.35. The van der Waals surface area contributed by atoms with Gasteiger partial charge in [-0.15, -0.1) is 0 Å². The van der Waals surface area contributed by atoms with E-state index in [1.165, 1.54) is 12.3 Å². The van der Waals surface area contributed by atoms with Crippen LogP contribution in [0.25, 0.3) is 0 Å². The minimum Gasteiger partial charge on any atom is -0.507 e. The van der Waals surface area contributed by atoms with Crippen LogP contribution in [0.15, 0.2) is 82.1 Å². The predicted molar refractivity (Wildman–Crippen MR) is 116 cm³/mol. The van der Waals surface area contributed by atoms with Crippen molar-refractivity contribution in [2.24, 2.45) is 15.3 Å². The molecule has 0 bridgehead atoms. The molecular weight excluding hydrogens is 380 g/mol. The fourth-order valence-electron chi connectivity index (χ4n) is 2.55. The highest BCUT2D eigenvalue weighted by atomic mass is 16.5. The standard InChI is InChI=1S/C23H22N4O3/c1-16-7-6-10-22(17(16)2)30-15-23(29)27-24-14-18-13-20(11-12-21(18)28)26-25-19-8-4-3-5-9-19/h3-14,28H,15H2,1-2H3,(H,27,29)/b24-14-,26-25?. The van der Waals surface area contributed by atoms with E-state index in [2.05, 4.69) is 20.8 Å². The molecule has 0 aliphatic heterocycles. The summed E-state index contributed by atoms with van der Waals surface area (Å²) in [5, 5.41) is 22.1. The van der Waals surface area contributed by atoms with Gasteiger partial charge in [0.2, 0.25) is 0 Å². The third kappa shape index (κ3) is 5.75. The van der Waals surface area contributed by atoms with Crippen LogP contribution in [0.3, 0.4) is 0 Å². The topological polar surface area (TPSA) is 95.6 Å². The highest BCUT2D eigenvalue weighted by Crippen LogP contribution is 2.24. The van der Waals surface area contributed by atoms with Crippen molar-refractivity contribution in [3.8, 4) is 11.5 Å². The molecule has 3 aromatic carbocycles. The Hall–Kier alpha value is -4.00. The third-order valence-electron chi connectivity index (χ3n) is 4.35. The maximum atomic E-state index is 12.0. The molecular formula is C23H22N4O3. The first-order chi connectivity index (χ1) is 14.5. The van der Waals surface area contributed by atoms with Gasteiger partial charge in [-0.2, -0.15) is 15.3 Å². The Balaban J connectivity index is 1.58. The van der Waals surface area contributed by atoms with Crippen LogP contribution < -0.4 is 10.2 Å². The minimum atomic E-state index is -0.411. The van der Waals surface area contributed by atoms with Gasteiger partial charge in [0.05, 0.1) is 17.6 Å². The lowest BCUT2D eigenvalue weighted by molar-refractivity contribution is -0.123. The van der Waals surface area contributed by atoms with Crippen molar-refractivity contribution >= 4 is 23.5 Å². The summed E-state index contributed by atoms with van der Waals surface area (Å²) in [6.07, 6.45) is 1.34. The van der Waals surface area contributed by atoms with Crippen molar-refractivity contribution in [2.45, 2.75) is 13.8 Å².